The average molecular weight is 283 g/mol. The largest absolute Gasteiger partial charge is 0.396 e. The fourth-order valence-corrected chi connectivity index (χ4v) is 2.99. The van der Waals surface area contributed by atoms with Gasteiger partial charge in [-0.1, -0.05) is 23.2 Å². The maximum Gasteiger partial charge on any atom is 0.223 e. The molecule has 0 spiro atoms. The minimum atomic E-state index is 0.117. The molecule has 0 aromatic carbocycles. The Kier molecular flexibility index (Phi) is 3.24. The molecular formula is C11H15ClN6O. The zero-order valence-electron chi connectivity index (χ0n) is 10.3. The van der Waals surface area contributed by atoms with Crippen LogP contribution in [0.15, 0.2) is 0 Å². The van der Waals surface area contributed by atoms with Crippen molar-refractivity contribution in [3.05, 3.63) is 5.15 Å². The summed E-state index contributed by atoms with van der Waals surface area (Å²) in [6.07, 6.45) is 3.28. The third kappa shape index (κ3) is 2.23. The summed E-state index contributed by atoms with van der Waals surface area (Å²) >= 11 is 5.96. The van der Waals surface area contributed by atoms with E-state index >= 15 is 0 Å². The fourth-order valence-electron chi connectivity index (χ4n) is 2.78. The summed E-state index contributed by atoms with van der Waals surface area (Å²) < 4.78 is 1.71. The minimum absolute atomic E-state index is 0.117. The zero-order chi connectivity index (χ0) is 13.4. The number of hydrogen-bond donors (Lipinski definition) is 2. The Hall–Kier alpha value is -1.47. The molecule has 0 aliphatic heterocycles. The number of nitrogens with zero attached hydrogens (tertiary/aromatic N) is 5. The van der Waals surface area contributed by atoms with Gasteiger partial charge in [0.05, 0.1) is 0 Å². The summed E-state index contributed by atoms with van der Waals surface area (Å²) in [5.41, 5.74) is 6.62. The van der Waals surface area contributed by atoms with Crippen LogP contribution >= 0.6 is 11.6 Å². The molecule has 19 heavy (non-hydrogen) atoms. The first kappa shape index (κ1) is 12.6. The van der Waals surface area contributed by atoms with Gasteiger partial charge in [-0.25, -0.2) is 4.68 Å². The molecule has 1 fully saturated rings. The number of fused-ring (bicyclic) bond motifs is 1. The SMILES string of the molecule is Nc1nc(Cl)c2nnn(C[C@@H]3CCC[C@@H]3CO)c2n1. The fraction of sp³-hybridized carbons (Fsp3) is 0.636. The van der Waals surface area contributed by atoms with E-state index in [9.17, 15) is 5.11 Å². The van der Waals surface area contributed by atoms with Gasteiger partial charge in [-0.05, 0) is 24.7 Å². The lowest BCUT2D eigenvalue weighted by molar-refractivity contribution is 0.182. The predicted molar refractivity (Wildman–Crippen MR) is 70.5 cm³/mol. The van der Waals surface area contributed by atoms with Crippen molar-refractivity contribution in [3.8, 4) is 0 Å². The minimum Gasteiger partial charge on any atom is -0.396 e. The molecule has 1 aliphatic rings. The van der Waals surface area contributed by atoms with Gasteiger partial charge in [0.2, 0.25) is 5.95 Å². The van der Waals surface area contributed by atoms with Gasteiger partial charge in [-0.15, -0.1) is 5.10 Å². The maximum absolute atomic E-state index is 9.35. The molecule has 0 bridgehead atoms. The summed E-state index contributed by atoms with van der Waals surface area (Å²) in [7, 11) is 0. The summed E-state index contributed by atoms with van der Waals surface area (Å²) in [5, 5.41) is 17.6. The second-order valence-electron chi connectivity index (χ2n) is 4.95. The summed E-state index contributed by atoms with van der Waals surface area (Å²) in [5.74, 6) is 0.838. The van der Waals surface area contributed by atoms with Gasteiger partial charge in [0.1, 0.15) is 0 Å². The van der Waals surface area contributed by atoms with Crippen molar-refractivity contribution in [2.45, 2.75) is 25.8 Å². The molecule has 2 aromatic heterocycles. The van der Waals surface area contributed by atoms with Crippen LogP contribution < -0.4 is 5.73 Å². The number of nitrogen functional groups attached to an aromatic ring is 1. The number of anilines is 1. The van der Waals surface area contributed by atoms with Crippen LogP contribution in [-0.4, -0.2) is 36.7 Å². The van der Waals surface area contributed by atoms with E-state index in [4.69, 9.17) is 17.3 Å². The van der Waals surface area contributed by atoms with Gasteiger partial charge in [0, 0.05) is 13.2 Å². The molecule has 2 atom stereocenters. The average Bonchev–Trinajstić information content (AvgIpc) is 2.97. The van der Waals surface area contributed by atoms with Crippen molar-refractivity contribution in [1.29, 1.82) is 0 Å². The highest BCUT2D eigenvalue weighted by atomic mass is 35.5. The third-order valence-corrected chi connectivity index (χ3v) is 4.06. The quantitative estimate of drug-likeness (QED) is 0.810. The van der Waals surface area contributed by atoms with Crippen LogP contribution in [0.5, 0.6) is 0 Å². The molecule has 8 heteroatoms. The Morgan fingerprint density at radius 1 is 1.32 bits per heavy atom. The molecule has 0 radical (unpaired) electrons. The van der Waals surface area contributed by atoms with Crippen LogP contribution in [0.3, 0.4) is 0 Å². The molecule has 2 aromatic rings. The van der Waals surface area contributed by atoms with Gasteiger partial charge in [-0.3, -0.25) is 0 Å². The van der Waals surface area contributed by atoms with E-state index in [0.717, 1.165) is 19.3 Å². The van der Waals surface area contributed by atoms with Gasteiger partial charge in [0.15, 0.2) is 16.3 Å². The lowest BCUT2D eigenvalue weighted by Gasteiger charge is -2.16. The van der Waals surface area contributed by atoms with Crippen LogP contribution in [-0.2, 0) is 6.54 Å². The number of halogens is 1. The van der Waals surface area contributed by atoms with Crippen molar-refractivity contribution < 1.29 is 5.11 Å². The standard InChI is InChI=1S/C11H15ClN6O/c12-9-8-10(15-11(13)14-9)18(17-16-8)4-6-2-1-3-7(6)5-19/h6-7,19H,1-5H2,(H2,13,14,15)/t6-,7+/m0/s1. The highest BCUT2D eigenvalue weighted by Crippen LogP contribution is 2.33. The maximum atomic E-state index is 9.35. The Morgan fingerprint density at radius 2 is 2.11 bits per heavy atom. The molecule has 3 rings (SSSR count). The molecule has 7 nitrogen and oxygen atoms in total. The normalized spacial score (nSPS) is 23.3. The smallest absolute Gasteiger partial charge is 0.223 e. The van der Waals surface area contributed by atoms with Crippen molar-refractivity contribution >= 4 is 28.7 Å². The predicted octanol–water partition coefficient (Wildman–Crippen LogP) is 0.865. The monoisotopic (exact) mass is 282 g/mol. The number of nitrogens with two attached hydrogens (primary N) is 1. The van der Waals surface area contributed by atoms with E-state index in [2.05, 4.69) is 20.3 Å². The van der Waals surface area contributed by atoms with E-state index in [1.165, 1.54) is 0 Å². The van der Waals surface area contributed by atoms with Gasteiger partial charge in [0.25, 0.3) is 0 Å². The number of aromatic nitrogens is 5. The third-order valence-electron chi connectivity index (χ3n) is 3.80. The molecule has 0 unspecified atom stereocenters. The molecule has 2 heterocycles. The van der Waals surface area contributed by atoms with E-state index < -0.39 is 0 Å². The van der Waals surface area contributed by atoms with Gasteiger partial charge >= 0.3 is 0 Å². The first-order valence-corrected chi connectivity index (χ1v) is 6.70. The number of aliphatic hydroxyl groups is 1. The molecule has 1 aliphatic carbocycles. The van der Waals surface area contributed by atoms with E-state index in [-0.39, 0.29) is 17.7 Å². The van der Waals surface area contributed by atoms with Gasteiger partial charge < -0.3 is 10.8 Å². The second-order valence-corrected chi connectivity index (χ2v) is 5.31. The lowest BCUT2D eigenvalue weighted by Crippen LogP contribution is -2.19. The van der Waals surface area contributed by atoms with Crippen molar-refractivity contribution in [3.63, 3.8) is 0 Å². The molecule has 3 N–H and O–H groups in total. The van der Waals surface area contributed by atoms with Crippen LogP contribution in [0.1, 0.15) is 19.3 Å². The Morgan fingerprint density at radius 3 is 2.89 bits per heavy atom. The van der Waals surface area contributed by atoms with Crippen LogP contribution in [0, 0.1) is 11.8 Å². The molecular weight excluding hydrogens is 268 g/mol. The second kappa shape index (κ2) is 4.90. The molecule has 1 saturated carbocycles. The number of hydrogen-bond acceptors (Lipinski definition) is 6. The Bertz CT molecular complexity index is 600. The Balaban J connectivity index is 1.93. The summed E-state index contributed by atoms with van der Waals surface area (Å²) in [4.78, 5) is 8.00. The van der Waals surface area contributed by atoms with Crippen LogP contribution in [0.25, 0.3) is 11.2 Å². The topological polar surface area (TPSA) is 103 Å². The van der Waals surface area contributed by atoms with Crippen molar-refractivity contribution in [1.82, 2.24) is 25.0 Å². The summed E-state index contributed by atoms with van der Waals surface area (Å²) in [6.45, 7) is 0.893. The first-order valence-electron chi connectivity index (χ1n) is 6.32. The molecule has 102 valence electrons. The van der Waals surface area contributed by atoms with E-state index in [1.54, 1.807) is 4.68 Å². The molecule has 0 saturated heterocycles. The summed E-state index contributed by atoms with van der Waals surface area (Å²) in [6, 6.07) is 0. The van der Waals surface area contributed by atoms with Crippen LogP contribution in [0.2, 0.25) is 5.15 Å². The van der Waals surface area contributed by atoms with Crippen molar-refractivity contribution in [2.75, 3.05) is 12.3 Å². The first-order chi connectivity index (χ1) is 9.19. The van der Waals surface area contributed by atoms with Crippen molar-refractivity contribution in [2.24, 2.45) is 11.8 Å². The van der Waals surface area contributed by atoms with Gasteiger partial charge in [-0.2, -0.15) is 9.97 Å². The zero-order valence-corrected chi connectivity index (χ0v) is 11.1. The lowest BCUT2D eigenvalue weighted by atomic mass is 9.97. The molecule has 0 amide bonds. The number of rotatable bonds is 3. The highest BCUT2D eigenvalue weighted by Gasteiger charge is 2.28. The highest BCUT2D eigenvalue weighted by molar-refractivity contribution is 6.33. The van der Waals surface area contributed by atoms with E-state index in [1.807, 2.05) is 0 Å². The van der Waals surface area contributed by atoms with Crippen LogP contribution in [0.4, 0.5) is 5.95 Å². The number of aliphatic hydroxyl groups excluding tert-OH is 1. The Labute approximate surface area is 114 Å². The van der Waals surface area contributed by atoms with E-state index in [0.29, 0.717) is 29.5 Å².